The number of benzene rings is 7. The average Bonchev–Trinajstić information content (AvgIpc) is 3.72. The topological polar surface area (TPSA) is 16.4 Å². The predicted molar refractivity (Wildman–Crippen MR) is 209 cm³/mol. The fourth-order valence-electron chi connectivity index (χ4n) is 9.04. The summed E-state index contributed by atoms with van der Waals surface area (Å²) in [5.41, 5.74) is 18.1. The highest BCUT2D eigenvalue weighted by Crippen LogP contribution is 2.55. The number of anilines is 3. The fraction of sp³-hybridized carbons (Fsp3) is 0.125. The summed E-state index contributed by atoms with van der Waals surface area (Å²) < 4.78 is 6.44. The van der Waals surface area contributed by atoms with E-state index in [0.717, 1.165) is 44.4 Å². The molecule has 0 N–H and O–H groups in total. The van der Waals surface area contributed by atoms with Gasteiger partial charge in [-0.05, 0) is 86.5 Å². The Morgan fingerprint density at radius 2 is 1.02 bits per heavy atom. The SMILES string of the molecule is CC1(C)c2ccccc2-c2cc(N(c3ccc(-c4cccc5c4oc4ccccc45)cc3)c3cccc4c3C(C)(C)c3ccccc3-4)ccc21. The van der Waals surface area contributed by atoms with Crippen LogP contribution in [0.15, 0.2) is 156 Å². The first-order chi connectivity index (χ1) is 24.3. The van der Waals surface area contributed by atoms with Crippen LogP contribution in [-0.4, -0.2) is 0 Å². The predicted octanol–water partition coefficient (Wildman–Crippen LogP) is 13.3. The second kappa shape index (κ2) is 10.3. The summed E-state index contributed by atoms with van der Waals surface area (Å²) in [6.45, 7) is 9.44. The molecule has 0 spiro atoms. The van der Waals surface area contributed by atoms with Crippen molar-refractivity contribution in [3.05, 3.63) is 174 Å². The van der Waals surface area contributed by atoms with Gasteiger partial charge in [0.05, 0.1) is 5.69 Å². The number of para-hydroxylation sites is 2. The molecule has 2 aliphatic carbocycles. The first-order valence-electron chi connectivity index (χ1n) is 17.6. The molecular weight excluding hydrogens is 607 g/mol. The number of hydrogen-bond acceptors (Lipinski definition) is 2. The highest BCUT2D eigenvalue weighted by molar-refractivity contribution is 6.09. The van der Waals surface area contributed by atoms with Crippen molar-refractivity contribution in [1.82, 2.24) is 0 Å². The molecule has 0 atom stereocenters. The zero-order valence-corrected chi connectivity index (χ0v) is 28.8. The summed E-state index contributed by atoms with van der Waals surface area (Å²) >= 11 is 0. The van der Waals surface area contributed by atoms with Gasteiger partial charge >= 0.3 is 0 Å². The number of furan rings is 1. The lowest BCUT2D eigenvalue weighted by Crippen LogP contribution is -2.21. The van der Waals surface area contributed by atoms with Crippen LogP contribution < -0.4 is 4.90 Å². The molecule has 0 radical (unpaired) electrons. The molecule has 8 aromatic rings. The lowest BCUT2D eigenvalue weighted by Gasteiger charge is -2.32. The first kappa shape index (κ1) is 29.1. The van der Waals surface area contributed by atoms with Crippen molar-refractivity contribution < 1.29 is 4.42 Å². The summed E-state index contributed by atoms with van der Waals surface area (Å²) in [7, 11) is 0. The van der Waals surface area contributed by atoms with E-state index in [2.05, 4.69) is 172 Å². The van der Waals surface area contributed by atoms with Crippen LogP contribution in [0.4, 0.5) is 17.1 Å². The molecule has 1 aromatic heterocycles. The fourth-order valence-corrected chi connectivity index (χ4v) is 9.04. The maximum atomic E-state index is 6.44. The maximum absolute atomic E-state index is 6.44. The van der Waals surface area contributed by atoms with Crippen LogP contribution in [-0.2, 0) is 10.8 Å². The number of fused-ring (bicyclic) bond motifs is 9. The minimum absolute atomic E-state index is 0.0494. The third-order valence-corrected chi connectivity index (χ3v) is 11.5. The van der Waals surface area contributed by atoms with Crippen LogP contribution >= 0.6 is 0 Å². The Labute approximate surface area is 293 Å². The van der Waals surface area contributed by atoms with Gasteiger partial charge < -0.3 is 9.32 Å². The van der Waals surface area contributed by atoms with E-state index < -0.39 is 0 Å². The molecule has 0 amide bonds. The molecule has 2 nitrogen and oxygen atoms in total. The highest BCUT2D eigenvalue weighted by Gasteiger charge is 2.40. The lowest BCUT2D eigenvalue weighted by molar-refractivity contribution is 0.660. The zero-order chi connectivity index (χ0) is 33.8. The van der Waals surface area contributed by atoms with Gasteiger partial charge in [-0.25, -0.2) is 0 Å². The third kappa shape index (κ3) is 3.96. The Morgan fingerprint density at radius 1 is 0.440 bits per heavy atom. The quantitative estimate of drug-likeness (QED) is 0.190. The van der Waals surface area contributed by atoms with Gasteiger partial charge in [0, 0.05) is 38.5 Å². The normalized spacial score (nSPS) is 14.7. The lowest BCUT2D eigenvalue weighted by atomic mass is 9.81. The summed E-state index contributed by atoms with van der Waals surface area (Å²) in [6, 6.07) is 55.5. The van der Waals surface area contributed by atoms with E-state index in [1.165, 1.54) is 50.2 Å². The molecule has 0 saturated carbocycles. The molecule has 0 aliphatic heterocycles. The third-order valence-electron chi connectivity index (χ3n) is 11.5. The highest BCUT2D eigenvalue weighted by atomic mass is 16.3. The van der Waals surface area contributed by atoms with Gasteiger partial charge in [-0.3, -0.25) is 0 Å². The van der Waals surface area contributed by atoms with Crippen molar-refractivity contribution in [2.24, 2.45) is 0 Å². The Morgan fingerprint density at radius 3 is 1.82 bits per heavy atom. The molecule has 0 bridgehead atoms. The monoisotopic (exact) mass is 643 g/mol. The van der Waals surface area contributed by atoms with Gasteiger partial charge in [0.15, 0.2) is 0 Å². The number of rotatable bonds is 4. The van der Waals surface area contributed by atoms with Crippen LogP contribution in [0.25, 0.3) is 55.3 Å². The largest absolute Gasteiger partial charge is 0.455 e. The summed E-state index contributed by atoms with van der Waals surface area (Å²) in [5.74, 6) is 0. The van der Waals surface area contributed by atoms with Crippen molar-refractivity contribution in [3.8, 4) is 33.4 Å². The van der Waals surface area contributed by atoms with Gasteiger partial charge in [-0.1, -0.05) is 143 Å². The van der Waals surface area contributed by atoms with E-state index in [9.17, 15) is 0 Å². The molecule has 0 fully saturated rings. The Bertz CT molecular complexity index is 2650. The molecule has 7 aromatic carbocycles. The van der Waals surface area contributed by atoms with Gasteiger partial charge in [0.2, 0.25) is 0 Å². The standard InChI is InChI=1S/C48H37NO/c1-47(2)40-19-8-6-14-35(40)39-29-32(27-28-42(39)47)49(43-21-12-17-37-34-13-5-9-20-41(34)48(3,4)45(37)43)31-25-23-30(24-26-31)33-16-11-18-38-36-15-7-10-22-44(36)50-46(33)38/h5-29H,1-4H3. The Hall–Kier alpha value is -5.86. The molecule has 0 saturated heterocycles. The van der Waals surface area contributed by atoms with E-state index >= 15 is 0 Å². The molecule has 50 heavy (non-hydrogen) atoms. The molecule has 240 valence electrons. The van der Waals surface area contributed by atoms with Crippen LogP contribution in [0.1, 0.15) is 49.9 Å². The summed E-state index contributed by atoms with van der Waals surface area (Å²) in [6.07, 6.45) is 0. The smallest absolute Gasteiger partial charge is 0.143 e. The molecule has 0 unspecified atom stereocenters. The van der Waals surface area contributed by atoms with Crippen molar-refractivity contribution in [2.75, 3.05) is 4.90 Å². The van der Waals surface area contributed by atoms with Crippen LogP contribution in [0.3, 0.4) is 0 Å². The molecule has 1 heterocycles. The first-order valence-corrected chi connectivity index (χ1v) is 17.6. The van der Waals surface area contributed by atoms with Gasteiger partial charge in [-0.2, -0.15) is 0 Å². The Balaban J connectivity index is 1.17. The van der Waals surface area contributed by atoms with Crippen LogP contribution in [0, 0.1) is 0 Å². The van der Waals surface area contributed by atoms with Crippen LogP contribution in [0.2, 0.25) is 0 Å². The second-order valence-corrected chi connectivity index (χ2v) is 14.9. The van der Waals surface area contributed by atoms with Crippen LogP contribution in [0.5, 0.6) is 0 Å². The zero-order valence-electron chi connectivity index (χ0n) is 28.8. The van der Waals surface area contributed by atoms with Gasteiger partial charge in [-0.15, -0.1) is 0 Å². The van der Waals surface area contributed by atoms with Gasteiger partial charge in [0.1, 0.15) is 11.2 Å². The minimum atomic E-state index is -0.164. The number of nitrogens with zero attached hydrogens (tertiary/aromatic N) is 1. The van der Waals surface area contributed by atoms with Crippen molar-refractivity contribution in [1.29, 1.82) is 0 Å². The van der Waals surface area contributed by atoms with E-state index in [0.29, 0.717) is 0 Å². The maximum Gasteiger partial charge on any atom is 0.143 e. The Kier molecular flexibility index (Phi) is 6.01. The van der Waals surface area contributed by atoms with Crippen molar-refractivity contribution in [2.45, 2.75) is 38.5 Å². The average molecular weight is 644 g/mol. The number of hydrogen-bond donors (Lipinski definition) is 0. The summed E-state index contributed by atoms with van der Waals surface area (Å²) in [5, 5.41) is 2.29. The minimum Gasteiger partial charge on any atom is -0.455 e. The second-order valence-electron chi connectivity index (χ2n) is 14.9. The molecule has 2 heteroatoms. The van der Waals surface area contributed by atoms with E-state index in [1.807, 2.05) is 12.1 Å². The molecule has 2 aliphatic rings. The van der Waals surface area contributed by atoms with Crippen molar-refractivity contribution in [3.63, 3.8) is 0 Å². The molecule has 10 rings (SSSR count). The molecular formula is C48H37NO. The van der Waals surface area contributed by atoms with E-state index in [1.54, 1.807) is 0 Å². The van der Waals surface area contributed by atoms with E-state index in [-0.39, 0.29) is 10.8 Å². The van der Waals surface area contributed by atoms with Gasteiger partial charge in [0.25, 0.3) is 0 Å². The summed E-state index contributed by atoms with van der Waals surface area (Å²) in [4.78, 5) is 2.48. The van der Waals surface area contributed by atoms with E-state index in [4.69, 9.17) is 4.42 Å². The van der Waals surface area contributed by atoms with Crippen molar-refractivity contribution >= 4 is 39.0 Å².